The minimum absolute atomic E-state index is 0.0543. The Kier molecular flexibility index (Phi) is 10.9. The van der Waals surface area contributed by atoms with Crippen LogP contribution in [-0.2, 0) is 43.5 Å². The Hall–Kier alpha value is -6.50. The Morgan fingerprint density at radius 2 is 1.36 bits per heavy atom. The van der Waals surface area contributed by atoms with E-state index in [0.717, 1.165) is 111 Å². The molecule has 0 bridgehead atoms. The fourth-order valence-electron chi connectivity index (χ4n) is 10.5. The van der Waals surface area contributed by atoms with Crippen molar-refractivity contribution in [2.24, 2.45) is 5.41 Å². The van der Waals surface area contributed by atoms with E-state index in [-0.39, 0.29) is 54.6 Å². The van der Waals surface area contributed by atoms with Crippen LogP contribution in [0.1, 0.15) is 75.9 Å². The highest BCUT2D eigenvalue weighted by Gasteiger charge is 2.50. The third-order valence-electron chi connectivity index (χ3n) is 14.0. The minimum Gasteiger partial charge on any atom is -0.489 e. The number of nitrogens with zero attached hydrogens (tertiary/aromatic N) is 6. The largest absolute Gasteiger partial charge is 0.489 e. The van der Waals surface area contributed by atoms with Crippen LogP contribution in [0.25, 0.3) is 10.9 Å². The van der Waals surface area contributed by atoms with Gasteiger partial charge in [-0.25, -0.2) is 9.97 Å². The van der Waals surface area contributed by atoms with Gasteiger partial charge in [-0.15, -0.1) is 0 Å². The number of hydrogen-bond donors (Lipinski definition) is 3. The number of amides is 6. The Balaban J connectivity index is 0.000000170. The molecule has 1 spiro atoms. The van der Waals surface area contributed by atoms with E-state index in [1.54, 1.807) is 21.9 Å². The Labute approximate surface area is 380 Å². The molecule has 3 N–H and O–H groups in total. The second-order valence-electron chi connectivity index (χ2n) is 18.8. The molecule has 4 aromatic rings. The number of carbonyl (C=O) groups excluding carboxylic acids is 6. The highest BCUT2D eigenvalue weighted by Crippen LogP contribution is 2.39. The summed E-state index contributed by atoms with van der Waals surface area (Å²) in [5, 5.41) is 8.95. The molecule has 1 aromatic heterocycles. The molecule has 18 nitrogen and oxygen atoms in total. The third kappa shape index (κ3) is 8.21. The molecule has 2 unspecified atom stereocenters. The zero-order valence-corrected chi connectivity index (χ0v) is 36.5. The van der Waals surface area contributed by atoms with Crippen LogP contribution in [0.15, 0.2) is 60.8 Å². The van der Waals surface area contributed by atoms with E-state index >= 15 is 0 Å². The summed E-state index contributed by atoms with van der Waals surface area (Å²) in [6, 6.07) is 16.2. The molecule has 342 valence electrons. The maximum Gasteiger partial charge on any atom is 0.255 e. The molecule has 6 fully saturated rings. The highest BCUT2D eigenvalue weighted by molar-refractivity contribution is 6.06. The van der Waals surface area contributed by atoms with Gasteiger partial charge in [-0.05, 0) is 97.4 Å². The summed E-state index contributed by atoms with van der Waals surface area (Å²) in [7, 11) is 0. The van der Waals surface area contributed by atoms with Crippen molar-refractivity contribution in [1.82, 2.24) is 40.6 Å². The molecule has 8 aliphatic heterocycles. The summed E-state index contributed by atoms with van der Waals surface area (Å²) in [6.45, 7) is 8.72. The van der Waals surface area contributed by atoms with Crippen LogP contribution in [0.2, 0.25) is 0 Å². The number of benzene rings is 3. The number of aromatic nitrogens is 2. The van der Waals surface area contributed by atoms with E-state index in [4.69, 9.17) is 19.2 Å². The molecular formula is C48H51N9O9. The van der Waals surface area contributed by atoms with Crippen LogP contribution in [0.3, 0.4) is 0 Å². The van der Waals surface area contributed by atoms with E-state index in [9.17, 15) is 28.8 Å². The summed E-state index contributed by atoms with van der Waals surface area (Å²) in [5.41, 5.74) is 5.43. The summed E-state index contributed by atoms with van der Waals surface area (Å²) < 4.78 is 17.7. The van der Waals surface area contributed by atoms with Crippen LogP contribution >= 0.6 is 0 Å². The van der Waals surface area contributed by atoms with Crippen molar-refractivity contribution in [1.29, 1.82) is 0 Å². The van der Waals surface area contributed by atoms with Gasteiger partial charge in [-0.3, -0.25) is 44.3 Å². The van der Waals surface area contributed by atoms with Crippen molar-refractivity contribution in [3.8, 4) is 11.5 Å². The molecule has 9 heterocycles. The monoisotopic (exact) mass is 897 g/mol. The number of piperidine rings is 2. The first-order valence-electron chi connectivity index (χ1n) is 22.9. The quantitative estimate of drug-likeness (QED) is 0.206. The summed E-state index contributed by atoms with van der Waals surface area (Å²) in [4.78, 5) is 89.9. The topological polar surface area (TPSA) is 205 Å². The van der Waals surface area contributed by atoms with Crippen molar-refractivity contribution >= 4 is 52.3 Å². The number of anilines is 1. The van der Waals surface area contributed by atoms with Crippen LogP contribution in [-0.4, -0.2) is 137 Å². The molecule has 66 heavy (non-hydrogen) atoms. The van der Waals surface area contributed by atoms with E-state index in [1.807, 2.05) is 30.5 Å². The van der Waals surface area contributed by atoms with E-state index in [2.05, 4.69) is 48.9 Å². The van der Waals surface area contributed by atoms with Gasteiger partial charge in [0.2, 0.25) is 29.6 Å². The second kappa shape index (κ2) is 17.1. The number of imide groups is 2. The zero-order chi connectivity index (χ0) is 45.1. The van der Waals surface area contributed by atoms with E-state index in [1.165, 1.54) is 5.56 Å². The summed E-state index contributed by atoms with van der Waals surface area (Å²) in [5.74, 6) is 0.597. The lowest BCUT2D eigenvalue weighted by atomic mass is 9.78. The number of rotatable bonds is 9. The minimum atomic E-state index is -0.616. The normalized spacial score (nSPS) is 25.5. The second-order valence-corrected chi connectivity index (χ2v) is 18.8. The summed E-state index contributed by atoms with van der Waals surface area (Å²) in [6.07, 6.45) is 5.27. The Bertz CT molecular complexity index is 2660. The van der Waals surface area contributed by atoms with Crippen molar-refractivity contribution in [3.05, 3.63) is 88.6 Å². The lowest BCUT2D eigenvalue weighted by molar-refractivity contribution is -0.138. The zero-order valence-electron chi connectivity index (χ0n) is 36.5. The molecule has 0 saturated carbocycles. The van der Waals surface area contributed by atoms with Gasteiger partial charge in [-0.1, -0.05) is 6.07 Å². The molecule has 3 aromatic carbocycles. The lowest BCUT2D eigenvalue weighted by Gasteiger charge is -2.54. The molecule has 0 radical (unpaired) electrons. The van der Waals surface area contributed by atoms with Crippen molar-refractivity contribution in [2.45, 2.75) is 82.5 Å². The predicted octanol–water partition coefficient (Wildman–Crippen LogP) is 2.07. The molecule has 18 heteroatoms. The van der Waals surface area contributed by atoms with E-state index < -0.39 is 18.0 Å². The molecule has 6 amide bonds. The van der Waals surface area contributed by atoms with Gasteiger partial charge in [-0.2, -0.15) is 0 Å². The molecule has 8 aliphatic rings. The lowest BCUT2D eigenvalue weighted by Crippen LogP contribution is -2.66. The average molecular weight is 898 g/mol. The van der Waals surface area contributed by atoms with Crippen LogP contribution in [0, 0.1) is 5.41 Å². The number of fused-ring (bicyclic) bond motifs is 3. The molecular weight excluding hydrogens is 847 g/mol. The first-order chi connectivity index (χ1) is 32.0. The van der Waals surface area contributed by atoms with E-state index in [0.29, 0.717) is 42.5 Å². The third-order valence-corrected chi connectivity index (χ3v) is 14.0. The Morgan fingerprint density at radius 3 is 1.94 bits per heavy atom. The molecule has 4 atom stereocenters. The number of likely N-dealkylation sites (tertiary alicyclic amines) is 1. The Morgan fingerprint density at radius 1 is 0.727 bits per heavy atom. The summed E-state index contributed by atoms with van der Waals surface area (Å²) >= 11 is 0. The van der Waals surface area contributed by atoms with Crippen LogP contribution in [0.4, 0.5) is 5.95 Å². The van der Waals surface area contributed by atoms with Crippen LogP contribution < -0.4 is 30.3 Å². The van der Waals surface area contributed by atoms with Gasteiger partial charge in [0.05, 0.1) is 24.1 Å². The maximum absolute atomic E-state index is 13.0. The van der Waals surface area contributed by atoms with Gasteiger partial charge < -0.3 is 34.2 Å². The fourth-order valence-corrected chi connectivity index (χ4v) is 10.5. The van der Waals surface area contributed by atoms with Gasteiger partial charge in [0.25, 0.3) is 11.8 Å². The van der Waals surface area contributed by atoms with Crippen LogP contribution in [0.5, 0.6) is 11.5 Å². The molecule has 0 aliphatic carbocycles. The van der Waals surface area contributed by atoms with Gasteiger partial charge in [0, 0.05) is 87.9 Å². The SMILES string of the molecule is O=C1CCC(N2Cc3cc(O[C@H]4CCN(Cc5ccc6nc(N7CC8(COC8)C7)ncc6c5)C4)ccc3C2=O)C(=O)N1.O=C1CCC(N2Cc3cc(O[C@H]4CCNC4)ccc3C2=O)C(=O)N1. The molecule has 12 rings (SSSR count). The van der Waals surface area contributed by atoms with Crippen molar-refractivity contribution in [3.63, 3.8) is 0 Å². The number of ether oxygens (including phenoxy) is 3. The number of nitrogens with one attached hydrogen (secondary N) is 3. The van der Waals surface area contributed by atoms with Crippen molar-refractivity contribution in [2.75, 3.05) is 57.4 Å². The highest BCUT2D eigenvalue weighted by atomic mass is 16.5. The predicted molar refractivity (Wildman–Crippen MR) is 236 cm³/mol. The fraction of sp³-hybridized carbons (Fsp3) is 0.458. The van der Waals surface area contributed by atoms with Gasteiger partial charge >= 0.3 is 0 Å². The smallest absolute Gasteiger partial charge is 0.255 e. The standard InChI is InChI=1S/C31H32N6O5.C17H19N3O4/c38-27-6-5-26(28(39)34-27)37-13-21-10-22(2-3-24(21)29(37)40)42-23-7-8-35(14-23)12-19-1-4-25-20(9-19)11-32-30(33-25)36-15-31(16-36)17-41-18-31;21-15-4-3-14(16(22)19-15)20-9-10-7-11(1-2-13(10)17(20)23)24-12-5-6-18-8-12/h1-4,9-11,23,26H,5-8,12-18H2,(H,34,38,39);1-2,7,12,14,18H,3-6,8-9H2,(H,19,21,22)/t23-,26?;12-,14?/m00/s1. The first-order valence-corrected chi connectivity index (χ1v) is 22.9. The average Bonchev–Trinajstić information content (AvgIpc) is 4.08. The van der Waals surface area contributed by atoms with Crippen molar-refractivity contribution < 1.29 is 43.0 Å². The maximum atomic E-state index is 13.0. The number of carbonyl (C=O) groups is 6. The number of hydrogen-bond acceptors (Lipinski definition) is 14. The molecule has 6 saturated heterocycles. The van der Waals surface area contributed by atoms with Gasteiger partial charge in [0.15, 0.2) is 0 Å². The van der Waals surface area contributed by atoms with Gasteiger partial charge in [0.1, 0.15) is 35.8 Å². The first kappa shape index (κ1) is 42.2.